The highest BCUT2D eigenvalue weighted by molar-refractivity contribution is 6.32. The molecule has 3 nitrogen and oxygen atoms in total. The molecule has 0 saturated carbocycles. The van der Waals surface area contributed by atoms with E-state index in [1.165, 1.54) is 0 Å². The van der Waals surface area contributed by atoms with Gasteiger partial charge in [-0.2, -0.15) is 0 Å². The lowest BCUT2D eigenvalue weighted by Crippen LogP contribution is -2.43. The van der Waals surface area contributed by atoms with E-state index >= 15 is 0 Å². The number of pyridine rings is 1. The summed E-state index contributed by atoms with van der Waals surface area (Å²) in [6.07, 6.45) is 1.68. The van der Waals surface area contributed by atoms with Crippen LogP contribution in [0.2, 0.25) is 5.02 Å². The molecule has 96 valence electrons. The van der Waals surface area contributed by atoms with Crippen LogP contribution >= 0.6 is 23.2 Å². The molecule has 0 saturated heterocycles. The van der Waals surface area contributed by atoms with Crippen LogP contribution in [0.5, 0.6) is 5.88 Å². The van der Waals surface area contributed by atoms with Crippen LogP contribution in [0.4, 0.5) is 0 Å². The molecule has 0 aliphatic carbocycles. The zero-order chi connectivity index (χ0) is 13.1. The van der Waals surface area contributed by atoms with Crippen LogP contribution in [-0.2, 0) is 5.88 Å². The fourth-order valence-electron chi connectivity index (χ4n) is 1.02. The van der Waals surface area contributed by atoms with Gasteiger partial charge in [0.2, 0.25) is 5.88 Å². The summed E-state index contributed by atoms with van der Waals surface area (Å²) in [5.74, 6) is 0.853. The molecule has 0 spiro atoms. The Kier molecular flexibility index (Phi) is 5.04. The van der Waals surface area contributed by atoms with Gasteiger partial charge in [0.1, 0.15) is 11.6 Å². The molecule has 0 radical (unpaired) electrons. The molecule has 0 atom stereocenters. The van der Waals surface area contributed by atoms with Crippen molar-refractivity contribution in [2.24, 2.45) is 0 Å². The van der Waals surface area contributed by atoms with Gasteiger partial charge in [-0.1, -0.05) is 11.6 Å². The Balaban J connectivity index is 2.70. The number of hydrogen-bond acceptors (Lipinski definition) is 3. The summed E-state index contributed by atoms with van der Waals surface area (Å²) in [4.78, 5) is 6.25. The third kappa shape index (κ3) is 4.02. The predicted molar refractivity (Wildman–Crippen MR) is 72.1 cm³/mol. The quantitative estimate of drug-likeness (QED) is 0.773. The van der Waals surface area contributed by atoms with E-state index in [0.29, 0.717) is 23.4 Å². The number of alkyl halides is 1. The lowest BCUT2D eigenvalue weighted by atomic mass is 10.1. The van der Waals surface area contributed by atoms with Crippen molar-refractivity contribution >= 4 is 23.2 Å². The van der Waals surface area contributed by atoms with Gasteiger partial charge in [-0.3, -0.25) is 0 Å². The van der Waals surface area contributed by atoms with E-state index < -0.39 is 0 Å². The van der Waals surface area contributed by atoms with Crippen molar-refractivity contribution < 1.29 is 4.74 Å². The molecular weight excluding hydrogens is 259 g/mol. The van der Waals surface area contributed by atoms with Crippen LogP contribution in [0.15, 0.2) is 12.3 Å². The molecular formula is C12H18Cl2N2O. The average Bonchev–Trinajstić information content (AvgIpc) is 2.27. The van der Waals surface area contributed by atoms with Gasteiger partial charge in [0.05, 0.1) is 0 Å². The van der Waals surface area contributed by atoms with Crippen molar-refractivity contribution in [1.82, 2.24) is 9.88 Å². The third-order valence-corrected chi connectivity index (χ3v) is 3.37. The second-order valence-electron chi connectivity index (χ2n) is 4.76. The van der Waals surface area contributed by atoms with Gasteiger partial charge in [-0.25, -0.2) is 4.98 Å². The largest absolute Gasteiger partial charge is 0.475 e. The number of ether oxygens (including phenoxy) is 1. The number of nitrogens with zero attached hydrogens (tertiary/aromatic N) is 2. The summed E-state index contributed by atoms with van der Waals surface area (Å²) >= 11 is 11.8. The summed E-state index contributed by atoms with van der Waals surface area (Å²) in [6, 6.07) is 1.78. The molecule has 0 amide bonds. The summed E-state index contributed by atoms with van der Waals surface area (Å²) in [5.41, 5.74) is 0.812. The van der Waals surface area contributed by atoms with Crippen molar-refractivity contribution in [3.05, 3.63) is 22.8 Å². The van der Waals surface area contributed by atoms with E-state index in [1.54, 1.807) is 12.3 Å². The lowest BCUT2D eigenvalue weighted by molar-refractivity contribution is 0.111. The van der Waals surface area contributed by atoms with Gasteiger partial charge >= 0.3 is 0 Å². The smallest absolute Gasteiger partial charge is 0.232 e. The van der Waals surface area contributed by atoms with Crippen LogP contribution in [0.3, 0.4) is 0 Å². The lowest BCUT2D eigenvalue weighted by Gasteiger charge is -2.32. The Morgan fingerprint density at radius 1 is 1.41 bits per heavy atom. The maximum absolute atomic E-state index is 6.06. The maximum Gasteiger partial charge on any atom is 0.232 e. The molecule has 0 N–H and O–H groups in total. The monoisotopic (exact) mass is 276 g/mol. The average molecular weight is 277 g/mol. The molecule has 1 aromatic heterocycles. The van der Waals surface area contributed by atoms with Crippen molar-refractivity contribution in [2.45, 2.75) is 25.3 Å². The summed E-state index contributed by atoms with van der Waals surface area (Å²) in [7, 11) is 4.02. The van der Waals surface area contributed by atoms with Crippen LogP contribution < -0.4 is 4.74 Å². The van der Waals surface area contributed by atoms with Crippen molar-refractivity contribution in [1.29, 1.82) is 0 Å². The molecule has 0 fully saturated rings. The maximum atomic E-state index is 6.06. The van der Waals surface area contributed by atoms with Crippen molar-refractivity contribution in [2.75, 3.05) is 20.7 Å². The minimum atomic E-state index is -0.0732. The van der Waals surface area contributed by atoms with Crippen LogP contribution in [0.1, 0.15) is 19.4 Å². The van der Waals surface area contributed by atoms with E-state index in [0.717, 1.165) is 5.56 Å². The molecule has 5 heteroatoms. The van der Waals surface area contributed by atoms with Crippen LogP contribution in [0.25, 0.3) is 0 Å². The molecule has 0 aliphatic rings. The summed E-state index contributed by atoms with van der Waals surface area (Å²) in [5, 5.41) is 0.498. The first-order valence-corrected chi connectivity index (χ1v) is 6.28. The normalized spacial score (nSPS) is 11.9. The Bertz CT molecular complexity index is 381. The number of rotatable bonds is 5. The van der Waals surface area contributed by atoms with Gasteiger partial charge in [0.15, 0.2) is 0 Å². The fourth-order valence-corrected chi connectivity index (χ4v) is 1.41. The topological polar surface area (TPSA) is 25.4 Å². The van der Waals surface area contributed by atoms with Crippen LogP contribution in [0, 0.1) is 0 Å². The molecule has 1 aromatic rings. The number of likely N-dealkylation sites (N-methyl/N-ethyl adjacent to an activating group) is 1. The predicted octanol–water partition coefficient (Wildman–Crippen LogP) is 3.19. The van der Waals surface area contributed by atoms with Gasteiger partial charge in [0, 0.05) is 17.6 Å². The van der Waals surface area contributed by atoms with Crippen molar-refractivity contribution in [3.8, 4) is 5.88 Å². The fraction of sp³-hybridized carbons (Fsp3) is 0.583. The highest BCUT2D eigenvalue weighted by Gasteiger charge is 2.22. The first-order valence-electron chi connectivity index (χ1n) is 5.37. The van der Waals surface area contributed by atoms with Crippen molar-refractivity contribution in [3.63, 3.8) is 0 Å². The molecule has 17 heavy (non-hydrogen) atoms. The Labute approximate surface area is 113 Å². The summed E-state index contributed by atoms with van der Waals surface area (Å²) in [6.45, 7) is 4.70. The molecule has 0 unspecified atom stereocenters. The highest BCUT2D eigenvalue weighted by Crippen LogP contribution is 2.24. The van der Waals surface area contributed by atoms with E-state index in [-0.39, 0.29) is 5.54 Å². The third-order valence-electron chi connectivity index (χ3n) is 2.79. The first kappa shape index (κ1) is 14.6. The molecule has 0 aliphatic heterocycles. The summed E-state index contributed by atoms with van der Waals surface area (Å²) < 4.78 is 5.63. The van der Waals surface area contributed by atoms with Crippen LogP contribution in [-0.4, -0.2) is 36.1 Å². The van der Waals surface area contributed by atoms with E-state index in [9.17, 15) is 0 Å². The second kappa shape index (κ2) is 5.89. The van der Waals surface area contributed by atoms with Gasteiger partial charge in [0.25, 0.3) is 0 Å². The van der Waals surface area contributed by atoms with Gasteiger partial charge in [-0.05, 0) is 39.6 Å². The molecule has 1 rings (SSSR count). The molecule has 0 bridgehead atoms. The second-order valence-corrected chi connectivity index (χ2v) is 5.43. The molecule has 0 aromatic carbocycles. The number of aromatic nitrogens is 1. The highest BCUT2D eigenvalue weighted by atomic mass is 35.5. The SMILES string of the molecule is CN(C)C(C)(C)COc1ncc(CCl)cc1Cl. The Hall–Kier alpha value is -0.510. The van der Waals surface area contributed by atoms with Gasteiger partial charge in [-0.15, -0.1) is 11.6 Å². The molecule has 1 heterocycles. The van der Waals surface area contributed by atoms with E-state index in [2.05, 4.69) is 23.7 Å². The first-order chi connectivity index (χ1) is 7.86. The van der Waals surface area contributed by atoms with E-state index in [4.69, 9.17) is 27.9 Å². The Morgan fingerprint density at radius 2 is 2.06 bits per heavy atom. The van der Waals surface area contributed by atoms with E-state index in [1.807, 2.05) is 14.1 Å². The zero-order valence-electron chi connectivity index (χ0n) is 10.6. The zero-order valence-corrected chi connectivity index (χ0v) is 12.1. The van der Waals surface area contributed by atoms with Gasteiger partial charge < -0.3 is 9.64 Å². The number of halogens is 2. The minimum Gasteiger partial charge on any atom is -0.475 e. The minimum absolute atomic E-state index is 0.0732. The Morgan fingerprint density at radius 3 is 2.53 bits per heavy atom. The standard InChI is InChI=1S/C12H18Cl2N2O/c1-12(2,16(3)4)8-17-11-10(14)5-9(6-13)7-15-11/h5,7H,6,8H2,1-4H3. The number of hydrogen-bond donors (Lipinski definition) is 0.